The number of allylic oxidation sites excluding steroid dienone is 4. The first kappa shape index (κ1) is 12.3. The van der Waals surface area contributed by atoms with Gasteiger partial charge in [0, 0.05) is 5.02 Å². The smallest absolute Gasteiger partial charge is 0.113 e. The number of hydrogen-bond acceptors (Lipinski definition) is 0. The molecule has 2 rings (SSSR count). The Morgan fingerprint density at radius 2 is 1.81 bits per heavy atom. The van der Waals surface area contributed by atoms with E-state index in [4.69, 9.17) is 46.4 Å². The van der Waals surface area contributed by atoms with Crippen LogP contribution in [0.25, 0.3) is 5.57 Å². The van der Waals surface area contributed by atoms with Crippen LogP contribution in [0.3, 0.4) is 0 Å². The zero-order chi connectivity index (χ0) is 11.8. The van der Waals surface area contributed by atoms with Crippen LogP contribution in [-0.2, 0) is 0 Å². The van der Waals surface area contributed by atoms with Gasteiger partial charge in [-0.2, -0.15) is 0 Å². The van der Waals surface area contributed by atoms with Gasteiger partial charge in [-0.15, -0.1) is 11.6 Å². The minimum atomic E-state index is -1.01. The molecule has 1 atom stereocenters. The molecule has 0 amide bonds. The first-order chi connectivity index (χ1) is 7.49. The number of hydrogen-bond donors (Lipinski definition) is 0. The van der Waals surface area contributed by atoms with Crippen LogP contribution in [0.1, 0.15) is 5.56 Å². The van der Waals surface area contributed by atoms with E-state index in [-0.39, 0.29) is 5.38 Å². The van der Waals surface area contributed by atoms with Gasteiger partial charge in [0.15, 0.2) is 4.33 Å². The molecular formula is C12H8Cl4. The Hall–Kier alpha value is -0.140. The molecule has 0 saturated heterocycles. The highest BCUT2D eigenvalue weighted by Crippen LogP contribution is 2.38. The van der Waals surface area contributed by atoms with Gasteiger partial charge in [0.2, 0.25) is 0 Å². The van der Waals surface area contributed by atoms with Crippen molar-refractivity contribution in [2.75, 3.05) is 0 Å². The van der Waals surface area contributed by atoms with Crippen LogP contribution in [0.4, 0.5) is 0 Å². The molecule has 0 nitrogen and oxygen atoms in total. The molecule has 1 aromatic carbocycles. The number of alkyl halides is 3. The fourth-order valence-corrected chi connectivity index (χ4v) is 2.45. The molecule has 0 saturated carbocycles. The normalized spacial score (nSPS) is 23.0. The van der Waals surface area contributed by atoms with Gasteiger partial charge in [-0.1, -0.05) is 59.1 Å². The molecule has 1 unspecified atom stereocenters. The molecule has 1 aliphatic rings. The lowest BCUT2D eigenvalue weighted by molar-refractivity contribution is 1.18. The Labute approximate surface area is 114 Å². The van der Waals surface area contributed by atoms with Crippen molar-refractivity contribution in [1.82, 2.24) is 0 Å². The second kappa shape index (κ2) is 4.62. The maximum absolute atomic E-state index is 6.19. The molecule has 0 N–H and O–H groups in total. The molecule has 0 aromatic heterocycles. The molecule has 84 valence electrons. The fraction of sp³-hybridized carbons (Fsp3) is 0.167. The summed E-state index contributed by atoms with van der Waals surface area (Å²) in [4.78, 5) is 0. The zero-order valence-corrected chi connectivity index (χ0v) is 11.2. The van der Waals surface area contributed by atoms with Crippen LogP contribution in [0.15, 0.2) is 42.5 Å². The lowest BCUT2D eigenvalue weighted by Gasteiger charge is -2.22. The Kier molecular flexibility index (Phi) is 3.56. The number of halogens is 4. The lowest BCUT2D eigenvalue weighted by Crippen LogP contribution is -2.15. The molecule has 0 bridgehead atoms. The van der Waals surface area contributed by atoms with Crippen LogP contribution in [0.5, 0.6) is 0 Å². The van der Waals surface area contributed by atoms with Gasteiger partial charge in [0.05, 0.1) is 5.38 Å². The summed E-state index contributed by atoms with van der Waals surface area (Å²) < 4.78 is -1.01. The summed E-state index contributed by atoms with van der Waals surface area (Å²) in [7, 11) is 0. The molecule has 0 radical (unpaired) electrons. The summed E-state index contributed by atoms with van der Waals surface area (Å²) in [5, 5.41) is 0.379. The molecule has 1 aliphatic carbocycles. The minimum absolute atomic E-state index is 0.259. The SMILES string of the molecule is Clc1ccccc1C1=CC(Cl)(Cl)C=CC1Cl. The third-order valence-electron chi connectivity index (χ3n) is 2.32. The molecule has 0 spiro atoms. The Morgan fingerprint density at radius 1 is 1.12 bits per heavy atom. The van der Waals surface area contributed by atoms with E-state index in [2.05, 4.69) is 0 Å². The summed E-state index contributed by atoms with van der Waals surface area (Å²) in [6.45, 7) is 0. The first-order valence-electron chi connectivity index (χ1n) is 4.68. The predicted octanol–water partition coefficient (Wildman–Crippen LogP) is 5.07. The highest BCUT2D eigenvalue weighted by Gasteiger charge is 2.26. The Bertz CT molecular complexity index is 460. The molecule has 0 heterocycles. The van der Waals surface area contributed by atoms with Crippen molar-refractivity contribution in [2.24, 2.45) is 0 Å². The molecule has 16 heavy (non-hydrogen) atoms. The van der Waals surface area contributed by atoms with E-state index < -0.39 is 4.33 Å². The zero-order valence-electron chi connectivity index (χ0n) is 8.13. The maximum atomic E-state index is 6.19. The molecule has 1 aromatic rings. The summed E-state index contributed by atoms with van der Waals surface area (Å²) in [6.07, 6.45) is 5.14. The van der Waals surface area contributed by atoms with Gasteiger partial charge in [-0.3, -0.25) is 0 Å². The van der Waals surface area contributed by atoms with Crippen LogP contribution in [-0.4, -0.2) is 9.71 Å². The topological polar surface area (TPSA) is 0 Å². The molecular weight excluding hydrogens is 286 g/mol. The van der Waals surface area contributed by atoms with Crippen LogP contribution in [0.2, 0.25) is 5.02 Å². The fourth-order valence-electron chi connectivity index (χ4n) is 1.57. The Balaban J connectivity index is 2.48. The summed E-state index contributed by atoms with van der Waals surface area (Å²) >= 11 is 24.4. The van der Waals surface area contributed by atoms with Gasteiger partial charge in [0.25, 0.3) is 0 Å². The highest BCUT2D eigenvalue weighted by molar-refractivity contribution is 6.52. The van der Waals surface area contributed by atoms with Crippen molar-refractivity contribution in [2.45, 2.75) is 9.71 Å². The van der Waals surface area contributed by atoms with Crippen molar-refractivity contribution in [3.8, 4) is 0 Å². The quantitative estimate of drug-likeness (QED) is 0.501. The van der Waals surface area contributed by atoms with E-state index in [0.717, 1.165) is 11.1 Å². The number of rotatable bonds is 1. The second-order valence-electron chi connectivity index (χ2n) is 3.51. The number of benzene rings is 1. The molecule has 0 aliphatic heterocycles. The third-order valence-corrected chi connectivity index (χ3v) is 3.50. The molecule has 4 heteroatoms. The van der Waals surface area contributed by atoms with Gasteiger partial charge < -0.3 is 0 Å². The van der Waals surface area contributed by atoms with Crippen molar-refractivity contribution < 1.29 is 0 Å². The average Bonchev–Trinajstić information content (AvgIpc) is 2.23. The molecule has 0 fully saturated rings. The van der Waals surface area contributed by atoms with Gasteiger partial charge in [0.1, 0.15) is 0 Å². The van der Waals surface area contributed by atoms with Crippen molar-refractivity contribution in [3.05, 3.63) is 53.1 Å². The van der Waals surface area contributed by atoms with Crippen molar-refractivity contribution >= 4 is 52.0 Å². The van der Waals surface area contributed by atoms with Crippen LogP contribution in [0, 0.1) is 0 Å². The van der Waals surface area contributed by atoms with E-state index in [1.54, 1.807) is 18.2 Å². The predicted molar refractivity (Wildman–Crippen MR) is 72.6 cm³/mol. The Morgan fingerprint density at radius 3 is 2.50 bits per heavy atom. The second-order valence-corrected chi connectivity index (χ2v) is 5.84. The maximum Gasteiger partial charge on any atom is 0.155 e. The standard InChI is InChI=1S/C12H8Cl4/c13-10-4-2-1-3-8(10)9-7-12(15,16)6-5-11(9)14/h1-7,11H. The van der Waals surface area contributed by atoms with E-state index in [0.29, 0.717) is 5.02 Å². The summed E-state index contributed by atoms with van der Waals surface area (Å²) in [6, 6.07) is 7.47. The minimum Gasteiger partial charge on any atom is -0.113 e. The summed E-state index contributed by atoms with van der Waals surface area (Å²) in [5.74, 6) is 0. The van der Waals surface area contributed by atoms with Crippen LogP contribution >= 0.6 is 46.4 Å². The van der Waals surface area contributed by atoms with E-state index in [1.165, 1.54) is 0 Å². The van der Waals surface area contributed by atoms with E-state index in [1.807, 2.05) is 24.3 Å². The van der Waals surface area contributed by atoms with Gasteiger partial charge >= 0.3 is 0 Å². The third kappa shape index (κ3) is 2.57. The van der Waals surface area contributed by atoms with E-state index in [9.17, 15) is 0 Å². The van der Waals surface area contributed by atoms with Crippen molar-refractivity contribution in [3.63, 3.8) is 0 Å². The van der Waals surface area contributed by atoms with Crippen LogP contribution < -0.4 is 0 Å². The van der Waals surface area contributed by atoms with Gasteiger partial charge in [-0.05, 0) is 29.4 Å². The van der Waals surface area contributed by atoms with Crippen molar-refractivity contribution in [1.29, 1.82) is 0 Å². The van der Waals surface area contributed by atoms with Gasteiger partial charge in [-0.25, -0.2) is 0 Å². The monoisotopic (exact) mass is 292 g/mol. The summed E-state index contributed by atoms with van der Waals surface area (Å²) in [5.41, 5.74) is 1.69. The lowest BCUT2D eigenvalue weighted by atomic mass is 9.97. The average molecular weight is 294 g/mol. The van der Waals surface area contributed by atoms with E-state index >= 15 is 0 Å². The first-order valence-corrected chi connectivity index (χ1v) is 6.25. The largest absolute Gasteiger partial charge is 0.155 e. The highest BCUT2D eigenvalue weighted by atomic mass is 35.5.